The summed E-state index contributed by atoms with van der Waals surface area (Å²) in [7, 11) is 4.94. The highest BCUT2D eigenvalue weighted by Crippen LogP contribution is 2.41. The summed E-state index contributed by atoms with van der Waals surface area (Å²) in [5, 5.41) is 4.38. The van der Waals surface area contributed by atoms with Gasteiger partial charge in [0.05, 0.1) is 26.8 Å². The zero-order chi connectivity index (χ0) is 18.8. The Kier molecular flexibility index (Phi) is 4.71. The predicted octanol–water partition coefficient (Wildman–Crippen LogP) is 4.15. The molecule has 0 saturated heterocycles. The largest absolute Gasteiger partial charge is 0.497 e. The molecule has 0 bridgehead atoms. The van der Waals surface area contributed by atoms with Gasteiger partial charge in [0.1, 0.15) is 17.4 Å². The monoisotopic (exact) mass is 365 g/mol. The molecule has 3 aromatic rings. The minimum atomic E-state index is 0.458. The second-order valence-corrected chi connectivity index (χ2v) is 6.63. The number of rotatable bonds is 7. The van der Waals surface area contributed by atoms with E-state index >= 15 is 0 Å². The van der Waals surface area contributed by atoms with Crippen LogP contribution in [0.1, 0.15) is 30.1 Å². The van der Waals surface area contributed by atoms with Crippen LogP contribution in [0.4, 0.5) is 5.82 Å². The molecular formula is C21H23N3O3. The van der Waals surface area contributed by atoms with Crippen LogP contribution in [0, 0.1) is 0 Å². The maximum absolute atomic E-state index is 5.46. The van der Waals surface area contributed by atoms with Gasteiger partial charge in [0.2, 0.25) is 0 Å². The fourth-order valence-corrected chi connectivity index (χ4v) is 3.10. The van der Waals surface area contributed by atoms with Crippen molar-refractivity contribution in [3.63, 3.8) is 0 Å². The summed E-state index contributed by atoms with van der Waals surface area (Å²) >= 11 is 0. The van der Waals surface area contributed by atoms with Crippen molar-refractivity contribution < 1.29 is 14.2 Å². The molecule has 1 aromatic heterocycles. The molecule has 0 spiro atoms. The molecule has 27 heavy (non-hydrogen) atoms. The van der Waals surface area contributed by atoms with Gasteiger partial charge in [-0.1, -0.05) is 12.1 Å². The lowest BCUT2D eigenvalue weighted by Crippen LogP contribution is -2.06. The lowest BCUT2D eigenvalue weighted by molar-refractivity contribution is 0.356. The van der Waals surface area contributed by atoms with Gasteiger partial charge in [0, 0.05) is 23.9 Å². The van der Waals surface area contributed by atoms with Gasteiger partial charge in [0.25, 0.3) is 0 Å². The molecule has 4 rings (SSSR count). The molecule has 0 aliphatic heterocycles. The van der Waals surface area contributed by atoms with E-state index in [1.807, 2.05) is 30.3 Å². The molecule has 0 amide bonds. The lowest BCUT2D eigenvalue weighted by Gasteiger charge is -2.14. The number of nitrogens with one attached hydrogen (secondary N) is 1. The molecule has 0 atom stereocenters. The first-order valence-electron chi connectivity index (χ1n) is 9.02. The van der Waals surface area contributed by atoms with Crippen LogP contribution in [0.5, 0.6) is 17.2 Å². The number of hydrogen-bond acceptors (Lipinski definition) is 6. The Bertz CT molecular complexity index is 970. The van der Waals surface area contributed by atoms with E-state index in [1.54, 1.807) is 21.3 Å². The van der Waals surface area contributed by atoms with Crippen LogP contribution in [-0.4, -0.2) is 31.3 Å². The highest BCUT2D eigenvalue weighted by molar-refractivity contribution is 5.92. The van der Waals surface area contributed by atoms with Crippen LogP contribution in [0.15, 0.2) is 36.4 Å². The number of nitrogens with zero attached hydrogens (tertiary/aromatic N) is 2. The zero-order valence-electron chi connectivity index (χ0n) is 15.8. The molecule has 1 saturated carbocycles. The smallest absolute Gasteiger partial charge is 0.162 e. The van der Waals surface area contributed by atoms with Gasteiger partial charge in [-0.05, 0) is 36.6 Å². The lowest BCUT2D eigenvalue weighted by atomic mass is 10.1. The van der Waals surface area contributed by atoms with Crippen molar-refractivity contribution in [1.82, 2.24) is 9.97 Å². The van der Waals surface area contributed by atoms with Crippen molar-refractivity contribution in [1.29, 1.82) is 0 Å². The fraction of sp³-hybridized carbons (Fsp3) is 0.333. The number of ether oxygens (including phenoxy) is 3. The van der Waals surface area contributed by atoms with E-state index in [4.69, 9.17) is 24.2 Å². The van der Waals surface area contributed by atoms with Crippen molar-refractivity contribution in [2.24, 2.45) is 0 Å². The van der Waals surface area contributed by atoms with Crippen molar-refractivity contribution in [3.05, 3.63) is 47.8 Å². The molecule has 6 heteroatoms. The summed E-state index contributed by atoms with van der Waals surface area (Å²) in [6, 6.07) is 11.8. The first kappa shape index (κ1) is 17.4. The molecular weight excluding hydrogens is 342 g/mol. The summed E-state index contributed by atoms with van der Waals surface area (Å²) in [5.74, 6) is 4.33. The first-order chi connectivity index (χ1) is 13.2. The van der Waals surface area contributed by atoms with Crippen molar-refractivity contribution in [2.75, 3.05) is 26.6 Å². The second-order valence-electron chi connectivity index (χ2n) is 6.63. The minimum absolute atomic E-state index is 0.458. The molecule has 0 radical (unpaired) electrons. The highest BCUT2D eigenvalue weighted by atomic mass is 16.5. The standard InChI is InChI=1S/C21H23N3O3/c1-25-15-6-4-5-13(9-15)12-22-21-16-10-18(26-2)19(27-3)11-17(16)23-20(24-21)14-7-8-14/h4-6,9-11,14H,7-8,12H2,1-3H3,(H,22,23,24). The van der Waals surface area contributed by atoms with Crippen molar-refractivity contribution in [3.8, 4) is 17.2 Å². The van der Waals surface area contributed by atoms with Crippen LogP contribution in [0.3, 0.4) is 0 Å². The molecule has 6 nitrogen and oxygen atoms in total. The molecule has 1 heterocycles. The zero-order valence-corrected chi connectivity index (χ0v) is 15.8. The second kappa shape index (κ2) is 7.31. The number of hydrogen-bond donors (Lipinski definition) is 1. The normalized spacial score (nSPS) is 13.4. The van der Waals surface area contributed by atoms with Gasteiger partial charge in [-0.3, -0.25) is 0 Å². The van der Waals surface area contributed by atoms with Gasteiger partial charge >= 0.3 is 0 Å². The van der Waals surface area contributed by atoms with Gasteiger partial charge in [0.15, 0.2) is 11.5 Å². The summed E-state index contributed by atoms with van der Waals surface area (Å²) < 4.78 is 16.2. The Hall–Kier alpha value is -3.02. The fourth-order valence-electron chi connectivity index (χ4n) is 3.10. The minimum Gasteiger partial charge on any atom is -0.497 e. The average molecular weight is 365 g/mol. The van der Waals surface area contributed by atoms with Crippen LogP contribution in [0.25, 0.3) is 10.9 Å². The van der Waals surface area contributed by atoms with E-state index in [0.717, 1.165) is 46.7 Å². The number of benzene rings is 2. The number of anilines is 1. The van der Waals surface area contributed by atoms with E-state index in [9.17, 15) is 0 Å². The molecule has 1 fully saturated rings. The Morgan fingerprint density at radius 2 is 1.74 bits per heavy atom. The van der Waals surface area contributed by atoms with E-state index in [0.29, 0.717) is 24.0 Å². The highest BCUT2D eigenvalue weighted by Gasteiger charge is 2.28. The Labute approximate surface area is 158 Å². The van der Waals surface area contributed by atoms with E-state index in [2.05, 4.69) is 11.4 Å². The molecule has 1 aliphatic rings. The third kappa shape index (κ3) is 3.60. The van der Waals surface area contributed by atoms with Gasteiger partial charge < -0.3 is 19.5 Å². The third-order valence-electron chi connectivity index (χ3n) is 4.75. The predicted molar refractivity (Wildman–Crippen MR) is 105 cm³/mol. The number of aromatic nitrogens is 2. The Morgan fingerprint density at radius 3 is 2.44 bits per heavy atom. The van der Waals surface area contributed by atoms with Crippen LogP contribution in [-0.2, 0) is 6.54 Å². The van der Waals surface area contributed by atoms with Gasteiger partial charge in [-0.15, -0.1) is 0 Å². The third-order valence-corrected chi connectivity index (χ3v) is 4.75. The topological polar surface area (TPSA) is 65.5 Å². The van der Waals surface area contributed by atoms with E-state index < -0.39 is 0 Å². The maximum atomic E-state index is 5.46. The Balaban J connectivity index is 1.72. The van der Waals surface area contributed by atoms with E-state index in [-0.39, 0.29) is 0 Å². The Morgan fingerprint density at radius 1 is 0.963 bits per heavy atom. The van der Waals surface area contributed by atoms with Gasteiger partial charge in [-0.25, -0.2) is 9.97 Å². The van der Waals surface area contributed by atoms with Gasteiger partial charge in [-0.2, -0.15) is 0 Å². The summed E-state index contributed by atoms with van der Waals surface area (Å²) in [6.07, 6.45) is 2.29. The van der Waals surface area contributed by atoms with Crippen LogP contribution in [0.2, 0.25) is 0 Å². The maximum Gasteiger partial charge on any atom is 0.162 e. The molecule has 0 unspecified atom stereocenters. The average Bonchev–Trinajstić information content (AvgIpc) is 3.56. The molecule has 2 aromatic carbocycles. The quantitative estimate of drug-likeness (QED) is 0.679. The summed E-state index contributed by atoms with van der Waals surface area (Å²) in [6.45, 7) is 0.641. The summed E-state index contributed by atoms with van der Waals surface area (Å²) in [4.78, 5) is 9.56. The first-order valence-corrected chi connectivity index (χ1v) is 9.02. The van der Waals surface area contributed by atoms with Crippen LogP contribution >= 0.6 is 0 Å². The molecule has 140 valence electrons. The van der Waals surface area contributed by atoms with Crippen molar-refractivity contribution >= 4 is 16.7 Å². The SMILES string of the molecule is COc1cccc(CNc2nc(C3CC3)nc3cc(OC)c(OC)cc23)c1. The molecule has 1 aliphatic carbocycles. The summed E-state index contributed by atoms with van der Waals surface area (Å²) in [5.41, 5.74) is 1.98. The number of methoxy groups -OCH3 is 3. The molecule has 1 N–H and O–H groups in total. The van der Waals surface area contributed by atoms with E-state index in [1.165, 1.54) is 0 Å². The van der Waals surface area contributed by atoms with Crippen LogP contribution < -0.4 is 19.5 Å². The van der Waals surface area contributed by atoms with Crippen molar-refractivity contribution in [2.45, 2.75) is 25.3 Å². The number of fused-ring (bicyclic) bond motifs is 1.